The van der Waals surface area contributed by atoms with E-state index in [9.17, 15) is 0 Å². The first kappa shape index (κ1) is 11.7. The number of hydrogen-bond acceptors (Lipinski definition) is 3. The number of hydrogen-bond donors (Lipinski definition) is 1. The summed E-state index contributed by atoms with van der Waals surface area (Å²) >= 11 is 0. The number of fused-ring (bicyclic) bond motifs is 1. The molecule has 0 aromatic carbocycles. The van der Waals surface area contributed by atoms with Gasteiger partial charge in [-0.2, -0.15) is 5.10 Å². The third-order valence-electron chi connectivity index (χ3n) is 3.78. The maximum Gasteiger partial charge on any atom is 0.153 e. The predicted octanol–water partition coefficient (Wildman–Crippen LogP) is 2.31. The van der Waals surface area contributed by atoms with Gasteiger partial charge in [0.15, 0.2) is 5.65 Å². The average molecular weight is 245 g/mol. The van der Waals surface area contributed by atoms with Crippen LogP contribution in [0.5, 0.6) is 0 Å². The Hall–Kier alpha value is -1.42. The summed E-state index contributed by atoms with van der Waals surface area (Å²) in [5.74, 6) is 0.617. The van der Waals surface area contributed by atoms with Gasteiger partial charge in [0.25, 0.3) is 0 Å². The molecule has 0 amide bonds. The summed E-state index contributed by atoms with van der Waals surface area (Å²) < 4.78 is 1.86. The van der Waals surface area contributed by atoms with Gasteiger partial charge in [0.1, 0.15) is 0 Å². The molecule has 4 heteroatoms. The van der Waals surface area contributed by atoms with E-state index in [0.717, 1.165) is 11.3 Å². The smallest absolute Gasteiger partial charge is 0.153 e. The van der Waals surface area contributed by atoms with E-state index in [0.29, 0.717) is 12.3 Å². The van der Waals surface area contributed by atoms with Gasteiger partial charge < -0.3 is 5.11 Å². The Morgan fingerprint density at radius 1 is 1.22 bits per heavy atom. The fourth-order valence-corrected chi connectivity index (χ4v) is 2.80. The Kier molecular flexibility index (Phi) is 3.28. The second-order valence-corrected chi connectivity index (χ2v) is 5.10. The largest absolute Gasteiger partial charge is 0.396 e. The van der Waals surface area contributed by atoms with Crippen LogP contribution < -0.4 is 0 Å². The van der Waals surface area contributed by atoms with Gasteiger partial charge in [-0.05, 0) is 25.0 Å². The van der Waals surface area contributed by atoms with Crippen LogP contribution in [0.15, 0.2) is 18.3 Å². The molecule has 0 aliphatic heterocycles. The van der Waals surface area contributed by atoms with E-state index in [1.165, 1.54) is 37.8 Å². The maximum absolute atomic E-state index is 8.93. The second kappa shape index (κ2) is 5.06. The van der Waals surface area contributed by atoms with E-state index < -0.39 is 0 Å². The van der Waals surface area contributed by atoms with Crippen LogP contribution in [-0.2, 0) is 6.42 Å². The Morgan fingerprint density at radius 2 is 2.06 bits per heavy atom. The molecule has 96 valence electrons. The zero-order valence-corrected chi connectivity index (χ0v) is 10.5. The van der Waals surface area contributed by atoms with Crippen molar-refractivity contribution >= 4 is 5.65 Å². The number of nitrogens with zero attached hydrogens (tertiary/aromatic N) is 3. The van der Waals surface area contributed by atoms with Crippen molar-refractivity contribution < 1.29 is 5.11 Å². The third kappa shape index (κ3) is 2.25. The number of aromatic nitrogens is 3. The number of aliphatic hydroxyl groups is 1. The van der Waals surface area contributed by atoms with Gasteiger partial charge in [-0.15, -0.1) is 0 Å². The number of aliphatic hydroxyl groups excluding tert-OH is 1. The van der Waals surface area contributed by atoms with Crippen molar-refractivity contribution in [3.63, 3.8) is 0 Å². The van der Waals surface area contributed by atoms with Crippen molar-refractivity contribution in [2.75, 3.05) is 6.61 Å². The van der Waals surface area contributed by atoms with E-state index in [1.54, 1.807) is 0 Å². The molecule has 1 aliphatic carbocycles. The van der Waals surface area contributed by atoms with Gasteiger partial charge in [-0.3, -0.25) is 0 Å². The minimum atomic E-state index is 0.138. The molecule has 0 spiro atoms. The first-order valence-electron chi connectivity index (χ1n) is 6.83. The lowest BCUT2D eigenvalue weighted by atomic mass is 9.87. The van der Waals surface area contributed by atoms with Crippen molar-refractivity contribution in [2.45, 2.75) is 44.4 Å². The van der Waals surface area contributed by atoms with Gasteiger partial charge in [0.05, 0.1) is 17.6 Å². The van der Waals surface area contributed by atoms with Crippen molar-refractivity contribution in [3.05, 3.63) is 29.7 Å². The molecule has 2 aromatic rings. The molecule has 0 atom stereocenters. The van der Waals surface area contributed by atoms with Crippen molar-refractivity contribution in [1.82, 2.24) is 14.6 Å². The molecule has 0 radical (unpaired) electrons. The average Bonchev–Trinajstić information content (AvgIpc) is 2.81. The standard InChI is InChI=1S/C14H19N3O/c18-9-8-12-10-17-14(15-12)7-6-13(16-17)11-4-2-1-3-5-11/h6-7,10-11,18H,1-5,8-9H2. The Balaban J connectivity index is 1.89. The van der Waals surface area contributed by atoms with Crippen LogP contribution >= 0.6 is 0 Å². The van der Waals surface area contributed by atoms with Crippen molar-refractivity contribution in [2.24, 2.45) is 0 Å². The minimum absolute atomic E-state index is 0.138. The Bertz CT molecular complexity index is 529. The highest BCUT2D eigenvalue weighted by atomic mass is 16.3. The van der Waals surface area contributed by atoms with Crippen LogP contribution in [-0.4, -0.2) is 26.3 Å². The van der Waals surface area contributed by atoms with Crippen LogP contribution in [0.1, 0.15) is 49.4 Å². The zero-order valence-electron chi connectivity index (χ0n) is 10.5. The van der Waals surface area contributed by atoms with Gasteiger partial charge in [0, 0.05) is 18.9 Å². The summed E-state index contributed by atoms with van der Waals surface area (Å²) in [5.41, 5.74) is 2.97. The molecule has 2 aromatic heterocycles. The fraction of sp³-hybridized carbons (Fsp3) is 0.571. The van der Waals surface area contributed by atoms with Gasteiger partial charge in [-0.25, -0.2) is 9.50 Å². The SMILES string of the molecule is OCCc1cn2nc(C3CCCCC3)ccc2n1. The van der Waals surface area contributed by atoms with E-state index in [2.05, 4.69) is 16.1 Å². The lowest BCUT2D eigenvalue weighted by Crippen LogP contribution is -2.08. The molecule has 2 heterocycles. The van der Waals surface area contributed by atoms with E-state index in [1.807, 2.05) is 16.8 Å². The van der Waals surface area contributed by atoms with Gasteiger partial charge in [-0.1, -0.05) is 19.3 Å². The maximum atomic E-state index is 8.93. The highest BCUT2D eigenvalue weighted by molar-refractivity contribution is 5.39. The molecule has 4 nitrogen and oxygen atoms in total. The fourth-order valence-electron chi connectivity index (χ4n) is 2.80. The lowest BCUT2D eigenvalue weighted by Gasteiger charge is -2.20. The summed E-state index contributed by atoms with van der Waals surface area (Å²) in [6.45, 7) is 0.138. The first-order valence-corrected chi connectivity index (χ1v) is 6.83. The first-order chi connectivity index (χ1) is 8.86. The highest BCUT2D eigenvalue weighted by Crippen LogP contribution is 2.31. The molecule has 0 saturated heterocycles. The van der Waals surface area contributed by atoms with Crippen molar-refractivity contribution in [3.8, 4) is 0 Å². The summed E-state index contributed by atoms with van der Waals surface area (Å²) in [5, 5.41) is 13.6. The molecule has 0 bridgehead atoms. The molecule has 18 heavy (non-hydrogen) atoms. The molecule has 1 saturated carbocycles. The molecule has 1 aliphatic rings. The van der Waals surface area contributed by atoms with Crippen LogP contribution in [0.25, 0.3) is 5.65 Å². The van der Waals surface area contributed by atoms with Crippen LogP contribution in [0.3, 0.4) is 0 Å². The third-order valence-corrected chi connectivity index (χ3v) is 3.78. The zero-order chi connectivity index (χ0) is 12.4. The van der Waals surface area contributed by atoms with E-state index in [4.69, 9.17) is 5.11 Å². The second-order valence-electron chi connectivity index (χ2n) is 5.10. The van der Waals surface area contributed by atoms with Gasteiger partial charge >= 0.3 is 0 Å². The van der Waals surface area contributed by atoms with E-state index in [-0.39, 0.29) is 6.61 Å². The highest BCUT2D eigenvalue weighted by Gasteiger charge is 2.17. The van der Waals surface area contributed by atoms with Crippen LogP contribution in [0.2, 0.25) is 0 Å². The summed E-state index contributed by atoms with van der Waals surface area (Å²) in [6.07, 6.45) is 9.06. The van der Waals surface area contributed by atoms with Crippen molar-refractivity contribution in [1.29, 1.82) is 0 Å². The molecule has 3 rings (SSSR count). The van der Waals surface area contributed by atoms with Crippen LogP contribution in [0.4, 0.5) is 0 Å². The Labute approximate surface area is 107 Å². The molecule has 0 unspecified atom stereocenters. The molecular weight excluding hydrogens is 226 g/mol. The lowest BCUT2D eigenvalue weighted by molar-refractivity contribution is 0.298. The van der Waals surface area contributed by atoms with Gasteiger partial charge in [0.2, 0.25) is 0 Å². The topological polar surface area (TPSA) is 50.4 Å². The molecular formula is C14H19N3O. The monoisotopic (exact) mass is 245 g/mol. The summed E-state index contributed by atoms with van der Waals surface area (Å²) in [7, 11) is 0. The Morgan fingerprint density at radius 3 is 2.83 bits per heavy atom. The quantitative estimate of drug-likeness (QED) is 0.902. The molecule has 1 N–H and O–H groups in total. The minimum Gasteiger partial charge on any atom is -0.396 e. The van der Waals surface area contributed by atoms with E-state index >= 15 is 0 Å². The predicted molar refractivity (Wildman–Crippen MR) is 69.6 cm³/mol. The summed E-state index contributed by atoms with van der Waals surface area (Å²) in [6, 6.07) is 4.15. The molecule has 1 fully saturated rings. The summed E-state index contributed by atoms with van der Waals surface area (Å²) in [4.78, 5) is 4.43. The number of rotatable bonds is 3. The normalized spacial score (nSPS) is 17.4. The van der Waals surface area contributed by atoms with Crippen LogP contribution in [0, 0.1) is 0 Å². The number of imidazole rings is 1.